The maximum atomic E-state index is 6.03. The second kappa shape index (κ2) is 7.33. The van der Waals surface area contributed by atoms with Gasteiger partial charge in [0.15, 0.2) is 5.76 Å². The second-order valence-corrected chi connectivity index (χ2v) is 6.13. The van der Waals surface area contributed by atoms with Crippen LogP contribution in [0.2, 0.25) is 0 Å². The lowest BCUT2D eigenvalue weighted by atomic mass is 9.97. The van der Waals surface area contributed by atoms with E-state index in [-0.39, 0.29) is 5.95 Å². The van der Waals surface area contributed by atoms with Crippen LogP contribution in [-0.4, -0.2) is 17.1 Å². The van der Waals surface area contributed by atoms with Gasteiger partial charge in [-0.15, -0.1) is 0 Å². The third-order valence-corrected chi connectivity index (χ3v) is 4.37. The Hall–Kier alpha value is -3.60. The number of nitrogen functional groups attached to an aromatic ring is 1. The van der Waals surface area contributed by atoms with Gasteiger partial charge < -0.3 is 14.9 Å². The van der Waals surface area contributed by atoms with Crippen molar-refractivity contribution in [3.05, 3.63) is 84.1 Å². The van der Waals surface area contributed by atoms with Gasteiger partial charge in [0.05, 0.1) is 19.1 Å². The Bertz CT molecular complexity index is 1030. The van der Waals surface area contributed by atoms with Gasteiger partial charge in [-0.2, -0.15) is 0 Å². The van der Waals surface area contributed by atoms with Gasteiger partial charge in [0.2, 0.25) is 5.95 Å². The van der Waals surface area contributed by atoms with Crippen molar-refractivity contribution in [2.24, 2.45) is 0 Å². The minimum Gasteiger partial charge on any atom is -0.497 e. The predicted molar refractivity (Wildman–Crippen MR) is 105 cm³/mol. The molecule has 5 heteroatoms. The van der Waals surface area contributed by atoms with E-state index in [1.807, 2.05) is 54.6 Å². The molecule has 0 atom stereocenters. The van der Waals surface area contributed by atoms with Gasteiger partial charge >= 0.3 is 0 Å². The highest BCUT2D eigenvalue weighted by atomic mass is 16.5. The highest BCUT2D eigenvalue weighted by molar-refractivity contribution is 5.73. The van der Waals surface area contributed by atoms with Crippen molar-refractivity contribution in [1.82, 2.24) is 9.97 Å². The Labute approximate surface area is 157 Å². The number of anilines is 1. The van der Waals surface area contributed by atoms with Gasteiger partial charge in [0.1, 0.15) is 11.4 Å². The van der Waals surface area contributed by atoms with E-state index in [1.54, 1.807) is 13.4 Å². The van der Waals surface area contributed by atoms with Crippen LogP contribution in [0.1, 0.15) is 11.1 Å². The number of furan rings is 1. The molecule has 0 unspecified atom stereocenters. The summed E-state index contributed by atoms with van der Waals surface area (Å²) in [5.41, 5.74) is 10.6. The van der Waals surface area contributed by atoms with Crippen molar-refractivity contribution >= 4 is 5.95 Å². The Morgan fingerprint density at radius 1 is 0.889 bits per heavy atom. The first kappa shape index (κ1) is 16.8. The number of nitrogens with two attached hydrogens (primary N) is 1. The van der Waals surface area contributed by atoms with Gasteiger partial charge in [-0.1, -0.05) is 30.3 Å². The predicted octanol–water partition coefficient (Wildman–Crippen LogP) is 4.59. The number of methoxy groups -OCH3 is 1. The fourth-order valence-electron chi connectivity index (χ4n) is 3.07. The Balaban J connectivity index is 1.90. The van der Waals surface area contributed by atoms with Crippen LogP contribution in [0.4, 0.5) is 5.95 Å². The van der Waals surface area contributed by atoms with Gasteiger partial charge in [0, 0.05) is 17.5 Å². The monoisotopic (exact) mass is 357 g/mol. The molecule has 4 aromatic rings. The summed E-state index contributed by atoms with van der Waals surface area (Å²) in [5.74, 6) is 1.67. The normalized spacial score (nSPS) is 10.7. The van der Waals surface area contributed by atoms with Crippen LogP contribution in [0.25, 0.3) is 22.7 Å². The zero-order valence-corrected chi connectivity index (χ0v) is 14.9. The topological polar surface area (TPSA) is 74.2 Å². The first-order chi connectivity index (χ1) is 13.2. The summed E-state index contributed by atoms with van der Waals surface area (Å²) >= 11 is 0. The van der Waals surface area contributed by atoms with Crippen molar-refractivity contribution in [2.75, 3.05) is 12.8 Å². The summed E-state index contributed by atoms with van der Waals surface area (Å²) in [6, 6.07) is 21.7. The average Bonchev–Trinajstić information content (AvgIpc) is 3.24. The van der Waals surface area contributed by atoms with Gasteiger partial charge in [-0.3, -0.25) is 0 Å². The van der Waals surface area contributed by atoms with E-state index >= 15 is 0 Å². The number of benzene rings is 2. The molecule has 0 bridgehead atoms. The van der Waals surface area contributed by atoms with Gasteiger partial charge in [-0.25, -0.2) is 9.97 Å². The average molecular weight is 357 g/mol. The molecule has 134 valence electrons. The summed E-state index contributed by atoms with van der Waals surface area (Å²) in [6.45, 7) is 0. The number of hydrogen-bond donors (Lipinski definition) is 1. The largest absolute Gasteiger partial charge is 0.497 e. The second-order valence-electron chi connectivity index (χ2n) is 6.13. The number of rotatable bonds is 5. The number of ether oxygens (including phenoxy) is 1. The highest BCUT2D eigenvalue weighted by Crippen LogP contribution is 2.33. The molecule has 27 heavy (non-hydrogen) atoms. The molecule has 0 aliphatic rings. The third kappa shape index (κ3) is 3.53. The molecule has 0 aliphatic carbocycles. The SMILES string of the molecule is COc1ccc(-c2nc(N)nc(-c3ccco3)c2Cc2ccccc2)cc1. The molecule has 0 spiro atoms. The molecule has 0 fully saturated rings. The Morgan fingerprint density at radius 2 is 1.63 bits per heavy atom. The van der Waals surface area contributed by atoms with Crippen molar-refractivity contribution in [2.45, 2.75) is 6.42 Å². The zero-order chi connectivity index (χ0) is 18.6. The molecule has 0 saturated carbocycles. The minimum absolute atomic E-state index is 0.212. The summed E-state index contributed by atoms with van der Waals surface area (Å²) in [4.78, 5) is 9.03. The number of nitrogens with zero attached hydrogens (tertiary/aromatic N) is 2. The van der Waals surface area contributed by atoms with E-state index in [1.165, 1.54) is 0 Å². The first-order valence-electron chi connectivity index (χ1n) is 8.63. The molecular formula is C22H19N3O2. The quantitative estimate of drug-likeness (QED) is 0.566. The fourth-order valence-corrected chi connectivity index (χ4v) is 3.07. The van der Waals surface area contributed by atoms with Crippen LogP contribution in [0.5, 0.6) is 5.75 Å². The molecule has 2 heterocycles. The number of aromatic nitrogens is 2. The molecule has 2 aromatic heterocycles. The summed E-state index contributed by atoms with van der Waals surface area (Å²) in [6.07, 6.45) is 2.30. The molecule has 0 aliphatic heterocycles. The first-order valence-corrected chi connectivity index (χ1v) is 8.63. The summed E-state index contributed by atoms with van der Waals surface area (Å²) in [5, 5.41) is 0. The molecule has 0 radical (unpaired) electrons. The van der Waals surface area contributed by atoms with Gasteiger partial charge in [-0.05, 0) is 42.0 Å². The Kier molecular flexibility index (Phi) is 4.58. The molecular weight excluding hydrogens is 338 g/mol. The standard InChI is InChI=1S/C22H19N3O2/c1-26-17-11-9-16(10-12-17)20-18(14-15-6-3-2-4-7-15)21(25-22(23)24-20)19-8-5-13-27-19/h2-13H,14H2,1H3,(H2,23,24,25). The molecule has 5 nitrogen and oxygen atoms in total. The van der Waals surface area contributed by atoms with E-state index in [0.717, 1.165) is 28.1 Å². The van der Waals surface area contributed by atoms with Crippen molar-refractivity contribution < 1.29 is 9.15 Å². The molecule has 2 aromatic carbocycles. The van der Waals surface area contributed by atoms with E-state index in [4.69, 9.17) is 14.9 Å². The lowest BCUT2D eigenvalue weighted by Crippen LogP contribution is -2.05. The lowest BCUT2D eigenvalue weighted by molar-refractivity contribution is 0.415. The van der Waals surface area contributed by atoms with Crippen LogP contribution in [0.3, 0.4) is 0 Å². The highest BCUT2D eigenvalue weighted by Gasteiger charge is 2.19. The van der Waals surface area contributed by atoms with Crippen molar-refractivity contribution in [3.63, 3.8) is 0 Å². The lowest BCUT2D eigenvalue weighted by Gasteiger charge is -2.14. The minimum atomic E-state index is 0.212. The molecule has 0 amide bonds. The third-order valence-electron chi connectivity index (χ3n) is 4.37. The van der Waals surface area contributed by atoms with Crippen LogP contribution in [0, 0.1) is 0 Å². The fraction of sp³-hybridized carbons (Fsp3) is 0.0909. The van der Waals surface area contributed by atoms with Crippen molar-refractivity contribution in [1.29, 1.82) is 0 Å². The molecule has 0 saturated heterocycles. The van der Waals surface area contributed by atoms with E-state index in [0.29, 0.717) is 17.9 Å². The summed E-state index contributed by atoms with van der Waals surface area (Å²) < 4.78 is 10.9. The number of hydrogen-bond acceptors (Lipinski definition) is 5. The van der Waals surface area contributed by atoms with E-state index in [2.05, 4.69) is 22.1 Å². The van der Waals surface area contributed by atoms with Crippen LogP contribution in [-0.2, 0) is 6.42 Å². The van der Waals surface area contributed by atoms with Crippen LogP contribution >= 0.6 is 0 Å². The van der Waals surface area contributed by atoms with Gasteiger partial charge in [0.25, 0.3) is 0 Å². The molecule has 2 N–H and O–H groups in total. The summed E-state index contributed by atoms with van der Waals surface area (Å²) in [7, 11) is 1.65. The van der Waals surface area contributed by atoms with Crippen LogP contribution in [0.15, 0.2) is 77.4 Å². The molecule has 4 rings (SSSR count). The van der Waals surface area contributed by atoms with Crippen molar-refractivity contribution in [3.8, 4) is 28.5 Å². The van der Waals surface area contributed by atoms with E-state index in [9.17, 15) is 0 Å². The zero-order valence-electron chi connectivity index (χ0n) is 14.9. The maximum Gasteiger partial charge on any atom is 0.221 e. The smallest absolute Gasteiger partial charge is 0.221 e. The van der Waals surface area contributed by atoms with E-state index < -0.39 is 0 Å². The Morgan fingerprint density at radius 3 is 2.30 bits per heavy atom. The van der Waals surface area contributed by atoms with Crippen LogP contribution < -0.4 is 10.5 Å². The maximum absolute atomic E-state index is 6.03.